The summed E-state index contributed by atoms with van der Waals surface area (Å²) in [6.07, 6.45) is 0. The van der Waals surface area contributed by atoms with Gasteiger partial charge in [-0.05, 0) is 18.2 Å². The molecule has 2 aromatic carbocycles. The second-order valence-corrected chi connectivity index (χ2v) is 6.20. The van der Waals surface area contributed by atoms with E-state index in [0.29, 0.717) is 38.2 Å². The van der Waals surface area contributed by atoms with Crippen molar-refractivity contribution < 1.29 is 18.9 Å². The number of benzene rings is 2. The smallest absolute Gasteiger partial charge is 0.360 e. The molecule has 0 aliphatic carbocycles. The largest absolute Gasteiger partial charge is 0.464 e. The normalized spacial score (nSPS) is 11.3. The fourth-order valence-corrected chi connectivity index (χ4v) is 3.02. The number of ether oxygens (including phenoxy) is 1. The van der Waals surface area contributed by atoms with E-state index in [1.165, 1.54) is 14.2 Å². The highest BCUT2D eigenvalue weighted by Crippen LogP contribution is 2.33. The Kier molecular flexibility index (Phi) is 5.78. The molecule has 0 bridgehead atoms. The molecule has 0 saturated heterocycles. The Morgan fingerprint density at radius 3 is 2.56 bits per heavy atom. The Morgan fingerprint density at radius 1 is 1.07 bits per heavy atom. The van der Waals surface area contributed by atoms with Crippen molar-refractivity contribution in [1.29, 1.82) is 0 Å². The van der Waals surface area contributed by atoms with E-state index in [-0.39, 0.29) is 5.71 Å². The summed E-state index contributed by atoms with van der Waals surface area (Å²) in [5.41, 5.74) is 2.28. The lowest BCUT2D eigenvalue weighted by molar-refractivity contribution is -0.132. The van der Waals surface area contributed by atoms with Gasteiger partial charge in [-0.3, -0.25) is 0 Å². The molecule has 1 aromatic heterocycles. The van der Waals surface area contributed by atoms with E-state index in [2.05, 4.69) is 10.3 Å². The van der Waals surface area contributed by atoms with E-state index in [1.54, 1.807) is 42.5 Å². The maximum atomic E-state index is 12.1. The Labute approximate surface area is 165 Å². The molecule has 8 heteroatoms. The monoisotopic (exact) mass is 404 g/mol. The van der Waals surface area contributed by atoms with Gasteiger partial charge >= 0.3 is 5.97 Å². The van der Waals surface area contributed by atoms with Crippen LogP contribution in [0.5, 0.6) is 0 Å². The molecule has 0 atom stereocenters. The summed E-state index contributed by atoms with van der Waals surface area (Å²) in [7, 11) is 2.62. The third kappa shape index (κ3) is 3.97. The maximum Gasteiger partial charge on any atom is 0.360 e. The number of oxime groups is 1. The van der Waals surface area contributed by atoms with Gasteiger partial charge in [0, 0.05) is 27.8 Å². The van der Waals surface area contributed by atoms with Crippen molar-refractivity contribution in [3.05, 3.63) is 64.1 Å². The van der Waals surface area contributed by atoms with Crippen LogP contribution in [0, 0.1) is 0 Å². The number of nitrogens with zero attached hydrogens (tertiary/aromatic N) is 2. The number of halogens is 2. The van der Waals surface area contributed by atoms with Crippen molar-refractivity contribution in [2.24, 2.45) is 5.16 Å². The van der Waals surface area contributed by atoms with Crippen molar-refractivity contribution in [3.63, 3.8) is 0 Å². The Bertz CT molecular complexity index is 1010. The van der Waals surface area contributed by atoms with E-state index in [1.807, 2.05) is 6.07 Å². The van der Waals surface area contributed by atoms with Crippen LogP contribution in [0.1, 0.15) is 5.56 Å². The predicted molar refractivity (Wildman–Crippen MR) is 103 cm³/mol. The van der Waals surface area contributed by atoms with Crippen LogP contribution in [-0.4, -0.2) is 31.1 Å². The molecule has 1 heterocycles. The fraction of sp³-hybridized carbons (Fsp3) is 0.105. The fourth-order valence-electron chi connectivity index (χ4n) is 2.52. The molecular formula is C19H14Cl2N2O4. The average Bonchev–Trinajstić information content (AvgIpc) is 3.15. The molecule has 0 radical (unpaired) electrons. The van der Waals surface area contributed by atoms with Gasteiger partial charge in [-0.15, -0.1) is 0 Å². The van der Waals surface area contributed by atoms with Crippen molar-refractivity contribution in [2.75, 3.05) is 14.2 Å². The zero-order valence-electron chi connectivity index (χ0n) is 14.4. The van der Waals surface area contributed by atoms with Crippen molar-refractivity contribution in [3.8, 4) is 22.6 Å². The summed E-state index contributed by atoms with van der Waals surface area (Å²) in [6, 6.07) is 13.9. The highest BCUT2D eigenvalue weighted by atomic mass is 35.5. The lowest BCUT2D eigenvalue weighted by atomic mass is 10.00. The van der Waals surface area contributed by atoms with E-state index in [9.17, 15) is 4.79 Å². The molecule has 0 aliphatic heterocycles. The quantitative estimate of drug-likeness (QED) is 0.345. The number of hydrogen-bond acceptors (Lipinski definition) is 6. The first-order chi connectivity index (χ1) is 13.0. The lowest BCUT2D eigenvalue weighted by Gasteiger charge is -2.08. The van der Waals surface area contributed by atoms with Gasteiger partial charge in [0.25, 0.3) is 0 Å². The third-order valence-corrected chi connectivity index (χ3v) is 4.27. The number of carbonyl (C=O) groups excluding carboxylic acids is 1. The van der Waals surface area contributed by atoms with Crippen LogP contribution in [0.3, 0.4) is 0 Å². The van der Waals surface area contributed by atoms with Gasteiger partial charge in [0.05, 0.1) is 12.1 Å². The van der Waals surface area contributed by atoms with Crippen molar-refractivity contribution >= 4 is 34.9 Å². The number of methoxy groups -OCH3 is 1. The van der Waals surface area contributed by atoms with E-state index < -0.39 is 5.97 Å². The second-order valence-electron chi connectivity index (χ2n) is 5.36. The van der Waals surface area contributed by atoms with Crippen LogP contribution in [0.4, 0.5) is 0 Å². The first kappa shape index (κ1) is 18.9. The van der Waals surface area contributed by atoms with Crippen molar-refractivity contribution in [1.82, 2.24) is 5.16 Å². The summed E-state index contributed by atoms with van der Waals surface area (Å²) in [4.78, 5) is 16.9. The van der Waals surface area contributed by atoms with Crippen LogP contribution >= 0.6 is 23.2 Å². The Morgan fingerprint density at radius 2 is 1.85 bits per heavy atom. The lowest BCUT2D eigenvalue weighted by Crippen LogP contribution is -2.18. The van der Waals surface area contributed by atoms with Crippen LogP contribution in [0.25, 0.3) is 22.6 Å². The first-order valence-electron chi connectivity index (χ1n) is 7.76. The molecule has 0 aliphatic rings. The van der Waals surface area contributed by atoms with E-state index >= 15 is 0 Å². The Hall–Kier alpha value is -2.83. The van der Waals surface area contributed by atoms with Gasteiger partial charge in [0.2, 0.25) is 0 Å². The molecule has 27 heavy (non-hydrogen) atoms. The van der Waals surface area contributed by atoms with E-state index in [4.69, 9.17) is 37.3 Å². The molecule has 0 fully saturated rings. The summed E-state index contributed by atoms with van der Waals surface area (Å²) >= 11 is 12.2. The standard InChI is InChI=1S/C19H14Cl2N2O4/c1-25-19(24)18(23-26-2)13-6-4-3-5-12(13)16-10-17(27-22-16)14-8-7-11(20)9-15(14)21/h3-10H,1-2H3/b23-18-. The van der Waals surface area contributed by atoms with Gasteiger partial charge in [-0.1, -0.05) is 57.8 Å². The summed E-state index contributed by atoms with van der Waals surface area (Å²) in [6.45, 7) is 0. The summed E-state index contributed by atoms with van der Waals surface area (Å²) in [5.74, 6) is -0.168. The number of esters is 1. The highest BCUT2D eigenvalue weighted by molar-refractivity contribution is 6.44. The van der Waals surface area contributed by atoms with Crippen LogP contribution < -0.4 is 0 Å². The number of aromatic nitrogens is 1. The zero-order chi connectivity index (χ0) is 19.4. The highest BCUT2D eigenvalue weighted by Gasteiger charge is 2.22. The van der Waals surface area contributed by atoms with E-state index in [0.717, 1.165) is 0 Å². The molecule has 0 unspecified atom stereocenters. The molecule has 3 rings (SSSR count). The SMILES string of the molecule is CO/N=C(\C(=O)OC)c1ccccc1-c1cc(-c2ccc(Cl)cc2Cl)on1. The summed E-state index contributed by atoms with van der Waals surface area (Å²) in [5, 5.41) is 8.85. The van der Waals surface area contributed by atoms with Crippen LogP contribution in [0.2, 0.25) is 10.0 Å². The topological polar surface area (TPSA) is 73.9 Å². The molecule has 3 aromatic rings. The first-order valence-corrected chi connectivity index (χ1v) is 8.52. The minimum Gasteiger partial charge on any atom is -0.464 e. The molecular weight excluding hydrogens is 391 g/mol. The zero-order valence-corrected chi connectivity index (χ0v) is 15.9. The molecule has 0 saturated carbocycles. The van der Waals surface area contributed by atoms with Crippen LogP contribution in [0.15, 0.2) is 58.2 Å². The molecule has 6 nitrogen and oxygen atoms in total. The van der Waals surface area contributed by atoms with Gasteiger partial charge in [-0.25, -0.2) is 4.79 Å². The molecule has 138 valence electrons. The Balaban J connectivity index is 2.07. The minimum absolute atomic E-state index is 0.0182. The second kappa shape index (κ2) is 8.24. The number of carbonyl (C=O) groups is 1. The van der Waals surface area contributed by atoms with Crippen LogP contribution in [-0.2, 0) is 14.4 Å². The molecule has 0 spiro atoms. The van der Waals surface area contributed by atoms with Gasteiger partial charge < -0.3 is 14.1 Å². The molecule has 0 N–H and O–H groups in total. The molecule has 0 amide bonds. The number of hydrogen-bond donors (Lipinski definition) is 0. The third-order valence-electron chi connectivity index (χ3n) is 3.73. The van der Waals surface area contributed by atoms with Gasteiger partial charge in [0.15, 0.2) is 11.5 Å². The number of rotatable bonds is 5. The van der Waals surface area contributed by atoms with Gasteiger partial charge in [0.1, 0.15) is 12.8 Å². The average molecular weight is 405 g/mol. The minimum atomic E-state index is -0.631. The summed E-state index contributed by atoms with van der Waals surface area (Å²) < 4.78 is 10.2. The maximum absolute atomic E-state index is 12.1. The van der Waals surface area contributed by atoms with Crippen molar-refractivity contribution in [2.45, 2.75) is 0 Å². The van der Waals surface area contributed by atoms with Gasteiger partial charge in [-0.2, -0.15) is 0 Å². The predicted octanol–water partition coefficient (Wildman–Crippen LogP) is 4.84.